The molecule has 0 saturated carbocycles. The van der Waals surface area contributed by atoms with Gasteiger partial charge in [-0.25, -0.2) is 15.2 Å². The maximum atomic E-state index is 12.9. The van der Waals surface area contributed by atoms with Crippen molar-refractivity contribution in [3.05, 3.63) is 63.1 Å². The van der Waals surface area contributed by atoms with Crippen LogP contribution in [-0.2, 0) is 26.9 Å². The molecule has 196 valence electrons. The van der Waals surface area contributed by atoms with E-state index < -0.39 is 23.6 Å². The molecule has 2 aromatic carbocycles. The summed E-state index contributed by atoms with van der Waals surface area (Å²) in [5.74, 6) is -0.360. The Bertz CT molecular complexity index is 1300. The van der Waals surface area contributed by atoms with Crippen LogP contribution in [0.3, 0.4) is 0 Å². The first-order chi connectivity index (χ1) is 17.6. The smallest absolute Gasteiger partial charge is 0.416 e. The van der Waals surface area contributed by atoms with Crippen LogP contribution < -0.4 is 20.2 Å². The van der Waals surface area contributed by atoms with Crippen molar-refractivity contribution in [3.8, 4) is 11.5 Å². The first-order valence-corrected chi connectivity index (χ1v) is 12.0. The van der Waals surface area contributed by atoms with Gasteiger partial charge in [-0.2, -0.15) is 18.3 Å². The molecule has 0 aliphatic heterocycles. The van der Waals surface area contributed by atoms with Gasteiger partial charge >= 0.3 is 12.1 Å². The molecule has 37 heavy (non-hydrogen) atoms. The van der Waals surface area contributed by atoms with Gasteiger partial charge in [0.15, 0.2) is 23.2 Å². The standard InChI is InChI=1S/C23H20BrF3N4O5S/c1-34-18-6-13(17(24)9-19(18)36-11-21(33)35-2)10-28-31-20(32)8-16-12-37-22(30-16)29-15-5-3-4-14(7-15)23(25,26)27/h3-7,9-10,12H,8,11H2,1-2H3,(H,29,30)(H,31,32)/b28-10-. The van der Waals surface area contributed by atoms with Gasteiger partial charge < -0.3 is 19.5 Å². The minimum atomic E-state index is -4.45. The van der Waals surface area contributed by atoms with Crippen LogP contribution in [0.4, 0.5) is 24.0 Å². The van der Waals surface area contributed by atoms with E-state index in [0.29, 0.717) is 32.4 Å². The zero-order valence-corrected chi connectivity index (χ0v) is 21.8. The van der Waals surface area contributed by atoms with Gasteiger partial charge in [-0.05, 0) is 46.3 Å². The molecule has 0 spiro atoms. The average molecular weight is 601 g/mol. The van der Waals surface area contributed by atoms with Crippen molar-refractivity contribution in [1.29, 1.82) is 0 Å². The molecule has 0 atom stereocenters. The number of nitrogens with zero attached hydrogens (tertiary/aromatic N) is 2. The second-order valence-corrected chi connectivity index (χ2v) is 8.92. The molecule has 0 saturated heterocycles. The molecule has 2 N–H and O–H groups in total. The van der Waals surface area contributed by atoms with Crippen molar-refractivity contribution in [2.24, 2.45) is 5.10 Å². The number of rotatable bonds is 10. The summed E-state index contributed by atoms with van der Waals surface area (Å²) in [6.45, 7) is -0.295. The van der Waals surface area contributed by atoms with Gasteiger partial charge in [0.25, 0.3) is 0 Å². The van der Waals surface area contributed by atoms with Crippen molar-refractivity contribution < 1.29 is 37.0 Å². The minimum absolute atomic E-state index is 0.0943. The Balaban J connectivity index is 1.57. The van der Waals surface area contributed by atoms with Crippen LogP contribution in [0.15, 0.2) is 51.4 Å². The average Bonchev–Trinajstić information content (AvgIpc) is 3.29. The van der Waals surface area contributed by atoms with Gasteiger partial charge in [0.1, 0.15) is 0 Å². The summed E-state index contributed by atoms with van der Waals surface area (Å²) in [7, 11) is 2.68. The van der Waals surface area contributed by atoms with Crippen molar-refractivity contribution in [2.75, 3.05) is 26.1 Å². The number of carbonyl (C=O) groups excluding carboxylic acids is 2. The number of hydrogen-bond donors (Lipinski definition) is 2. The SMILES string of the molecule is COC(=O)COc1cc(Br)c(/C=N\NC(=O)Cc2csc(Nc3cccc(C(F)(F)F)c3)n2)cc1OC. The van der Waals surface area contributed by atoms with Gasteiger partial charge in [0.05, 0.1) is 38.1 Å². The van der Waals surface area contributed by atoms with Gasteiger partial charge in [-0.15, -0.1) is 11.3 Å². The second kappa shape index (κ2) is 12.5. The number of amides is 1. The monoisotopic (exact) mass is 600 g/mol. The largest absolute Gasteiger partial charge is 0.493 e. The molecule has 1 heterocycles. The van der Waals surface area contributed by atoms with E-state index in [1.54, 1.807) is 17.5 Å². The number of hydrazone groups is 1. The molecule has 3 rings (SSSR count). The van der Waals surface area contributed by atoms with E-state index in [-0.39, 0.29) is 18.7 Å². The van der Waals surface area contributed by atoms with E-state index >= 15 is 0 Å². The number of hydrogen-bond acceptors (Lipinski definition) is 9. The van der Waals surface area contributed by atoms with Crippen molar-refractivity contribution in [2.45, 2.75) is 12.6 Å². The summed E-state index contributed by atoms with van der Waals surface area (Å²) in [5.41, 5.74) is 2.81. The molecule has 9 nitrogen and oxygen atoms in total. The Labute approximate surface area is 221 Å². The van der Waals surface area contributed by atoms with Crippen LogP contribution >= 0.6 is 27.3 Å². The molecular weight excluding hydrogens is 581 g/mol. The maximum absolute atomic E-state index is 12.9. The molecule has 0 unspecified atom stereocenters. The number of ether oxygens (including phenoxy) is 3. The highest BCUT2D eigenvalue weighted by Crippen LogP contribution is 2.33. The van der Waals surface area contributed by atoms with Crippen LogP contribution in [0.5, 0.6) is 11.5 Å². The number of nitrogens with one attached hydrogen (secondary N) is 2. The lowest BCUT2D eigenvalue weighted by atomic mass is 10.2. The third kappa shape index (κ3) is 8.18. The number of benzene rings is 2. The quantitative estimate of drug-likeness (QED) is 0.193. The number of alkyl halides is 3. The number of thiazole rings is 1. The molecule has 0 bridgehead atoms. The summed E-state index contributed by atoms with van der Waals surface area (Å²) in [4.78, 5) is 27.8. The van der Waals surface area contributed by atoms with E-state index in [1.165, 1.54) is 32.6 Å². The van der Waals surface area contributed by atoms with Gasteiger partial charge in [-0.1, -0.05) is 6.07 Å². The number of aromatic nitrogens is 1. The molecule has 0 radical (unpaired) electrons. The van der Waals surface area contributed by atoms with E-state index in [9.17, 15) is 22.8 Å². The summed E-state index contributed by atoms with van der Waals surface area (Å²) < 4.78 is 54.4. The zero-order valence-electron chi connectivity index (χ0n) is 19.4. The fourth-order valence-corrected chi connectivity index (χ4v) is 3.99. The maximum Gasteiger partial charge on any atom is 0.416 e. The first kappa shape index (κ1) is 27.9. The molecule has 0 aliphatic carbocycles. The molecule has 0 aliphatic rings. The van der Waals surface area contributed by atoms with Crippen LogP contribution in [0.2, 0.25) is 0 Å². The van der Waals surface area contributed by atoms with Crippen LogP contribution in [0.25, 0.3) is 0 Å². The Morgan fingerprint density at radius 1 is 1.19 bits per heavy atom. The van der Waals surface area contributed by atoms with Gasteiger partial charge in [0, 0.05) is 21.1 Å². The Hall–Kier alpha value is -3.65. The highest BCUT2D eigenvalue weighted by Gasteiger charge is 2.30. The van der Waals surface area contributed by atoms with Crippen molar-refractivity contribution >= 4 is 56.2 Å². The fraction of sp³-hybridized carbons (Fsp3) is 0.217. The molecule has 14 heteroatoms. The van der Waals surface area contributed by atoms with Crippen molar-refractivity contribution in [1.82, 2.24) is 10.4 Å². The lowest BCUT2D eigenvalue weighted by Gasteiger charge is -2.11. The predicted molar refractivity (Wildman–Crippen MR) is 134 cm³/mol. The molecule has 0 fully saturated rings. The Morgan fingerprint density at radius 3 is 2.68 bits per heavy atom. The van der Waals surface area contributed by atoms with Crippen LogP contribution in [0, 0.1) is 0 Å². The Morgan fingerprint density at radius 2 is 1.97 bits per heavy atom. The molecule has 1 aromatic heterocycles. The molecule has 3 aromatic rings. The van der Waals surface area contributed by atoms with Crippen LogP contribution in [-0.4, -0.2) is 43.9 Å². The highest BCUT2D eigenvalue weighted by molar-refractivity contribution is 9.10. The molecule has 1 amide bonds. The summed E-state index contributed by atoms with van der Waals surface area (Å²) in [6.07, 6.45) is -3.16. The van der Waals surface area contributed by atoms with Crippen LogP contribution in [0.1, 0.15) is 16.8 Å². The number of methoxy groups -OCH3 is 2. The normalized spacial score (nSPS) is 11.3. The predicted octanol–water partition coefficient (Wildman–Crippen LogP) is 4.92. The number of halogens is 4. The summed E-state index contributed by atoms with van der Waals surface area (Å²) in [6, 6.07) is 7.92. The van der Waals surface area contributed by atoms with Crippen molar-refractivity contribution in [3.63, 3.8) is 0 Å². The third-order valence-electron chi connectivity index (χ3n) is 4.58. The summed E-state index contributed by atoms with van der Waals surface area (Å²) in [5, 5.41) is 8.70. The van der Waals surface area contributed by atoms with E-state index in [1.807, 2.05) is 0 Å². The second-order valence-electron chi connectivity index (χ2n) is 7.21. The summed E-state index contributed by atoms with van der Waals surface area (Å²) >= 11 is 4.52. The number of anilines is 2. The van der Waals surface area contributed by atoms with E-state index in [4.69, 9.17) is 9.47 Å². The lowest BCUT2D eigenvalue weighted by molar-refractivity contribution is -0.143. The Kier molecular flexibility index (Phi) is 9.47. The topological polar surface area (TPSA) is 111 Å². The van der Waals surface area contributed by atoms with Gasteiger partial charge in [0.2, 0.25) is 5.91 Å². The number of esters is 1. The first-order valence-electron chi connectivity index (χ1n) is 10.4. The minimum Gasteiger partial charge on any atom is -0.493 e. The zero-order chi connectivity index (χ0) is 27.0. The third-order valence-corrected chi connectivity index (χ3v) is 6.08. The van der Waals surface area contributed by atoms with Gasteiger partial charge in [-0.3, -0.25) is 4.79 Å². The van der Waals surface area contributed by atoms with E-state index in [0.717, 1.165) is 23.5 Å². The highest BCUT2D eigenvalue weighted by atomic mass is 79.9. The van der Waals surface area contributed by atoms with E-state index in [2.05, 4.69) is 41.5 Å². The number of carbonyl (C=O) groups is 2. The fourth-order valence-electron chi connectivity index (χ4n) is 2.84. The molecular formula is C23H20BrF3N4O5S. The lowest BCUT2D eigenvalue weighted by Crippen LogP contribution is -2.20.